The Kier molecular flexibility index (Phi) is 3.87. The van der Waals surface area contributed by atoms with Gasteiger partial charge in [0.25, 0.3) is 0 Å². The Morgan fingerprint density at radius 1 is 1.38 bits per heavy atom. The van der Waals surface area contributed by atoms with Crippen LogP contribution < -0.4 is 5.32 Å². The molecule has 0 atom stereocenters. The van der Waals surface area contributed by atoms with Gasteiger partial charge in [-0.3, -0.25) is 4.68 Å². The van der Waals surface area contributed by atoms with Crippen LogP contribution in [0.25, 0.3) is 11.1 Å². The van der Waals surface area contributed by atoms with Gasteiger partial charge >= 0.3 is 0 Å². The standard InChI is InChI=1S/C15H18N4O2/c1-2-15-18-13-7-12(3-4-14(13)21-15)16-8-11-9-17-19(10-11)5-6-20/h3-4,7,9-10,16,20H,2,5-6,8H2,1H3. The molecule has 0 amide bonds. The molecule has 2 N–H and O–H groups in total. The molecular formula is C15H18N4O2. The van der Waals surface area contributed by atoms with E-state index in [1.54, 1.807) is 10.9 Å². The number of anilines is 1. The number of rotatable bonds is 6. The fourth-order valence-corrected chi connectivity index (χ4v) is 2.16. The second-order valence-corrected chi connectivity index (χ2v) is 4.83. The Labute approximate surface area is 122 Å². The molecule has 0 spiro atoms. The molecule has 110 valence electrons. The van der Waals surface area contributed by atoms with E-state index in [1.807, 2.05) is 31.3 Å². The van der Waals surface area contributed by atoms with Crippen LogP contribution in [-0.2, 0) is 19.5 Å². The van der Waals surface area contributed by atoms with Crippen molar-refractivity contribution < 1.29 is 9.52 Å². The minimum absolute atomic E-state index is 0.0944. The van der Waals surface area contributed by atoms with Gasteiger partial charge in [0.1, 0.15) is 5.52 Å². The number of oxazole rings is 1. The predicted octanol–water partition coefficient (Wildman–Crippen LogP) is 2.19. The second-order valence-electron chi connectivity index (χ2n) is 4.83. The molecule has 2 heterocycles. The van der Waals surface area contributed by atoms with Crippen molar-refractivity contribution in [1.29, 1.82) is 0 Å². The fourth-order valence-electron chi connectivity index (χ4n) is 2.16. The van der Waals surface area contributed by atoms with Crippen LogP contribution in [0.15, 0.2) is 35.0 Å². The molecule has 0 radical (unpaired) electrons. The lowest BCUT2D eigenvalue weighted by Gasteiger charge is -2.03. The molecule has 0 fully saturated rings. The van der Waals surface area contributed by atoms with Crippen molar-refractivity contribution in [1.82, 2.24) is 14.8 Å². The van der Waals surface area contributed by atoms with Crippen molar-refractivity contribution in [3.05, 3.63) is 42.0 Å². The number of aromatic nitrogens is 3. The van der Waals surface area contributed by atoms with Crippen LogP contribution in [0.3, 0.4) is 0 Å². The minimum atomic E-state index is 0.0944. The van der Waals surface area contributed by atoms with E-state index in [4.69, 9.17) is 9.52 Å². The first-order chi connectivity index (χ1) is 10.3. The van der Waals surface area contributed by atoms with E-state index in [0.29, 0.717) is 13.1 Å². The number of fused-ring (bicyclic) bond motifs is 1. The molecular weight excluding hydrogens is 268 g/mol. The highest BCUT2D eigenvalue weighted by atomic mass is 16.3. The number of hydrogen-bond donors (Lipinski definition) is 2. The Hall–Kier alpha value is -2.34. The maximum absolute atomic E-state index is 8.87. The topological polar surface area (TPSA) is 76.1 Å². The maximum atomic E-state index is 8.87. The first kappa shape index (κ1) is 13.6. The normalized spacial score (nSPS) is 11.1. The third-order valence-electron chi connectivity index (χ3n) is 3.25. The van der Waals surface area contributed by atoms with Crippen LogP contribution in [-0.4, -0.2) is 26.5 Å². The molecule has 21 heavy (non-hydrogen) atoms. The summed E-state index contributed by atoms with van der Waals surface area (Å²) in [6.45, 7) is 3.31. The van der Waals surface area contributed by atoms with Crippen LogP contribution >= 0.6 is 0 Å². The van der Waals surface area contributed by atoms with E-state index in [-0.39, 0.29) is 6.61 Å². The average Bonchev–Trinajstić information content (AvgIpc) is 3.11. The van der Waals surface area contributed by atoms with Crippen LogP contribution in [0.5, 0.6) is 0 Å². The van der Waals surface area contributed by atoms with Crippen LogP contribution in [0, 0.1) is 0 Å². The summed E-state index contributed by atoms with van der Waals surface area (Å²) < 4.78 is 7.32. The van der Waals surface area contributed by atoms with E-state index in [0.717, 1.165) is 34.7 Å². The minimum Gasteiger partial charge on any atom is -0.441 e. The number of aliphatic hydroxyl groups is 1. The van der Waals surface area contributed by atoms with E-state index in [1.165, 1.54) is 0 Å². The first-order valence-corrected chi connectivity index (χ1v) is 7.04. The van der Waals surface area contributed by atoms with Crippen LogP contribution in [0.4, 0.5) is 5.69 Å². The van der Waals surface area contributed by atoms with Crippen LogP contribution in [0.1, 0.15) is 18.4 Å². The highest BCUT2D eigenvalue weighted by Crippen LogP contribution is 2.20. The quantitative estimate of drug-likeness (QED) is 0.726. The number of nitrogens with one attached hydrogen (secondary N) is 1. The molecule has 0 saturated heterocycles. The highest BCUT2D eigenvalue weighted by Gasteiger charge is 2.05. The summed E-state index contributed by atoms with van der Waals surface area (Å²) in [6.07, 6.45) is 4.51. The number of aryl methyl sites for hydroxylation is 1. The number of aliphatic hydroxyl groups excluding tert-OH is 1. The molecule has 0 aliphatic carbocycles. The molecule has 0 aliphatic heterocycles. The van der Waals surface area contributed by atoms with Crippen molar-refractivity contribution in [2.45, 2.75) is 26.4 Å². The Balaban J connectivity index is 1.69. The summed E-state index contributed by atoms with van der Waals surface area (Å²) in [6, 6.07) is 5.89. The van der Waals surface area contributed by atoms with E-state index in [2.05, 4.69) is 15.4 Å². The van der Waals surface area contributed by atoms with Gasteiger partial charge in [0.05, 0.1) is 19.3 Å². The average molecular weight is 286 g/mol. The Morgan fingerprint density at radius 2 is 2.29 bits per heavy atom. The van der Waals surface area contributed by atoms with Crippen molar-refractivity contribution in [3.63, 3.8) is 0 Å². The van der Waals surface area contributed by atoms with Gasteiger partial charge in [-0.2, -0.15) is 5.10 Å². The molecule has 0 unspecified atom stereocenters. The lowest BCUT2D eigenvalue weighted by Crippen LogP contribution is -2.02. The summed E-state index contributed by atoms with van der Waals surface area (Å²) in [4.78, 5) is 4.42. The number of hydrogen-bond acceptors (Lipinski definition) is 5. The summed E-state index contributed by atoms with van der Waals surface area (Å²) in [5.74, 6) is 0.757. The summed E-state index contributed by atoms with van der Waals surface area (Å²) >= 11 is 0. The third-order valence-corrected chi connectivity index (χ3v) is 3.25. The maximum Gasteiger partial charge on any atom is 0.195 e. The molecule has 3 aromatic rings. The molecule has 6 nitrogen and oxygen atoms in total. The number of benzene rings is 1. The largest absolute Gasteiger partial charge is 0.441 e. The highest BCUT2D eigenvalue weighted by molar-refractivity contribution is 5.77. The van der Waals surface area contributed by atoms with Crippen LogP contribution in [0.2, 0.25) is 0 Å². The zero-order valence-corrected chi connectivity index (χ0v) is 11.9. The molecule has 3 rings (SSSR count). The first-order valence-electron chi connectivity index (χ1n) is 7.04. The van der Waals surface area contributed by atoms with E-state index < -0.39 is 0 Å². The predicted molar refractivity (Wildman–Crippen MR) is 80.0 cm³/mol. The van der Waals surface area contributed by atoms with Crippen molar-refractivity contribution in [3.8, 4) is 0 Å². The summed E-state index contributed by atoms with van der Waals surface area (Å²) in [7, 11) is 0. The molecule has 0 bridgehead atoms. The van der Waals surface area contributed by atoms with Gasteiger partial charge < -0.3 is 14.8 Å². The van der Waals surface area contributed by atoms with Crippen molar-refractivity contribution in [2.24, 2.45) is 0 Å². The van der Waals surface area contributed by atoms with E-state index in [9.17, 15) is 0 Å². The van der Waals surface area contributed by atoms with Gasteiger partial charge in [0.15, 0.2) is 11.5 Å². The van der Waals surface area contributed by atoms with Gasteiger partial charge in [-0.05, 0) is 18.2 Å². The van der Waals surface area contributed by atoms with Gasteiger partial charge in [0.2, 0.25) is 0 Å². The molecule has 1 aromatic carbocycles. The third kappa shape index (κ3) is 3.05. The Morgan fingerprint density at radius 3 is 3.10 bits per heavy atom. The molecule has 2 aromatic heterocycles. The zero-order valence-electron chi connectivity index (χ0n) is 11.9. The summed E-state index contributed by atoms with van der Waals surface area (Å²) in [5, 5.41) is 16.4. The van der Waals surface area contributed by atoms with Gasteiger partial charge in [-0.1, -0.05) is 6.92 Å². The molecule has 6 heteroatoms. The van der Waals surface area contributed by atoms with Gasteiger partial charge in [-0.15, -0.1) is 0 Å². The van der Waals surface area contributed by atoms with E-state index >= 15 is 0 Å². The van der Waals surface area contributed by atoms with Crippen molar-refractivity contribution >= 4 is 16.8 Å². The fraction of sp³-hybridized carbons (Fsp3) is 0.333. The SMILES string of the molecule is CCc1nc2cc(NCc3cnn(CCO)c3)ccc2o1. The lowest BCUT2D eigenvalue weighted by molar-refractivity contribution is 0.269. The summed E-state index contributed by atoms with van der Waals surface area (Å²) in [5.41, 5.74) is 3.74. The Bertz CT molecular complexity index is 732. The molecule has 0 aliphatic rings. The monoisotopic (exact) mass is 286 g/mol. The van der Waals surface area contributed by atoms with Gasteiger partial charge in [-0.25, -0.2) is 4.98 Å². The number of nitrogens with zero attached hydrogens (tertiary/aromatic N) is 3. The lowest BCUT2D eigenvalue weighted by atomic mass is 10.2. The van der Waals surface area contributed by atoms with Crippen molar-refractivity contribution in [2.75, 3.05) is 11.9 Å². The molecule has 0 saturated carbocycles. The zero-order chi connectivity index (χ0) is 14.7. The second kappa shape index (κ2) is 5.97. The smallest absolute Gasteiger partial charge is 0.195 e. The van der Waals surface area contributed by atoms with Gasteiger partial charge in [0, 0.05) is 30.4 Å².